The zero-order valence-corrected chi connectivity index (χ0v) is 19.8. The van der Waals surface area contributed by atoms with E-state index in [2.05, 4.69) is 17.1 Å². The maximum atomic E-state index is 13.2. The standard InChI is InChI=1S/C25H27N3O4S/c1-15-4-6-16(7-5-15)10-18-11-19-22(26-12-18)24(29)21-20(23(19)27(2)33(3,31)32)14-28(25(21)30)13-17-8-9-17/h4-7,11-12,17,29H,8-10,13-14H2,1-3H3. The minimum atomic E-state index is -3.61. The maximum Gasteiger partial charge on any atom is 0.258 e. The highest BCUT2D eigenvalue weighted by atomic mass is 32.2. The number of amides is 1. The molecule has 2 aromatic carbocycles. The van der Waals surface area contributed by atoms with Gasteiger partial charge in [0.25, 0.3) is 5.91 Å². The summed E-state index contributed by atoms with van der Waals surface area (Å²) in [7, 11) is -2.12. The van der Waals surface area contributed by atoms with Crippen LogP contribution in [0, 0.1) is 12.8 Å². The monoisotopic (exact) mass is 465 g/mol. The number of rotatable bonds is 6. The van der Waals surface area contributed by atoms with Gasteiger partial charge in [0.1, 0.15) is 5.52 Å². The highest BCUT2D eigenvalue weighted by Gasteiger charge is 2.39. The number of aromatic nitrogens is 1. The topological polar surface area (TPSA) is 90.8 Å². The van der Waals surface area contributed by atoms with Gasteiger partial charge in [0.2, 0.25) is 10.0 Å². The van der Waals surface area contributed by atoms with Crippen LogP contribution in [0.5, 0.6) is 5.75 Å². The Kier molecular flexibility index (Phi) is 5.08. The first-order valence-electron chi connectivity index (χ1n) is 11.1. The zero-order valence-electron chi connectivity index (χ0n) is 19.0. The van der Waals surface area contributed by atoms with E-state index in [1.807, 2.05) is 25.1 Å². The Morgan fingerprint density at radius 2 is 1.88 bits per heavy atom. The van der Waals surface area contributed by atoms with Gasteiger partial charge in [0, 0.05) is 37.3 Å². The Morgan fingerprint density at radius 3 is 2.52 bits per heavy atom. The molecule has 1 saturated carbocycles. The van der Waals surface area contributed by atoms with Crippen molar-refractivity contribution < 1.29 is 18.3 Å². The Balaban J connectivity index is 1.68. The molecule has 33 heavy (non-hydrogen) atoms. The summed E-state index contributed by atoms with van der Waals surface area (Å²) in [5, 5.41) is 11.6. The van der Waals surface area contributed by atoms with Crippen LogP contribution in [0.3, 0.4) is 0 Å². The Bertz CT molecular complexity index is 1380. The fourth-order valence-electron chi connectivity index (χ4n) is 4.55. The van der Waals surface area contributed by atoms with Crippen molar-refractivity contribution in [3.05, 3.63) is 64.3 Å². The summed E-state index contributed by atoms with van der Waals surface area (Å²) in [6.45, 7) is 2.94. The van der Waals surface area contributed by atoms with Crippen LogP contribution in [-0.4, -0.2) is 49.2 Å². The van der Waals surface area contributed by atoms with E-state index in [4.69, 9.17) is 0 Å². The molecule has 3 aromatic rings. The van der Waals surface area contributed by atoms with E-state index >= 15 is 0 Å². The number of anilines is 1. The number of phenolic OH excluding ortho intramolecular Hbond substituents is 1. The highest BCUT2D eigenvalue weighted by molar-refractivity contribution is 7.92. The fourth-order valence-corrected chi connectivity index (χ4v) is 5.09. The second-order valence-corrected chi connectivity index (χ2v) is 11.3. The lowest BCUT2D eigenvalue weighted by atomic mass is 9.98. The Morgan fingerprint density at radius 1 is 1.18 bits per heavy atom. The third kappa shape index (κ3) is 3.93. The Labute approximate surface area is 193 Å². The molecule has 0 saturated heterocycles. The first-order valence-corrected chi connectivity index (χ1v) is 12.9. The van der Waals surface area contributed by atoms with Gasteiger partial charge in [-0.1, -0.05) is 29.8 Å². The molecular formula is C25H27N3O4S. The molecule has 1 aliphatic carbocycles. The number of fused-ring (bicyclic) bond motifs is 2. The summed E-state index contributed by atoms with van der Waals surface area (Å²) < 4.78 is 26.3. The van der Waals surface area contributed by atoms with Crippen LogP contribution in [0.15, 0.2) is 36.5 Å². The number of phenols is 1. The molecule has 1 N–H and O–H groups in total. The van der Waals surface area contributed by atoms with Crippen LogP contribution in [0.2, 0.25) is 0 Å². The molecule has 0 atom stereocenters. The van der Waals surface area contributed by atoms with E-state index < -0.39 is 10.0 Å². The van der Waals surface area contributed by atoms with Crippen molar-refractivity contribution >= 4 is 32.5 Å². The number of carbonyl (C=O) groups excluding carboxylic acids is 1. The number of hydrogen-bond acceptors (Lipinski definition) is 5. The number of benzene rings is 2. The van der Waals surface area contributed by atoms with E-state index in [-0.39, 0.29) is 29.3 Å². The van der Waals surface area contributed by atoms with Gasteiger partial charge in [-0.3, -0.25) is 14.1 Å². The SMILES string of the molecule is Cc1ccc(Cc2cnc3c(O)c4c(c(N(C)S(C)(=O)=O)c3c2)CN(CC2CC2)C4=O)cc1. The van der Waals surface area contributed by atoms with Gasteiger partial charge in [-0.05, 0) is 49.3 Å². The van der Waals surface area contributed by atoms with Gasteiger partial charge in [-0.25, -0.2) is 8.42 Å². The average Bonchev–Trinajstić information content (AvgIpc) is 3.52. The second-order valence-electron chi connectivity index (χ2n) is 9.31. The van der Waals surface area contributed by atoms with Gasteiger partial charge < -0.3 is 10.0 Å². The van der Waals surface area contributed by atoms with E-state index in [1.165, 1.54) is 16.9 Å². The molecule has 2 aliphatic rings. The molecule has 0 bridgehead atoms. The number of sulfonamides is 1. The summed E-state index contributed by atoms with van der Waals surface area (Å²) in [4.78, 5) is 19.4. The van der Waals surface area contributed by atoms with Crippen molar-refractivity contribution in [2.45, 2.75) is 32.7 Å². The van der Waals surface area contributed by atoms with Crippen LogP contribution in [0.1, 0.15) is 45.5 Å². The summed E-state index contributed by atoms with van der Waals surface area (Å²) in [5.74, 6) is 0.0518. The lowest BCUT2D eigenvalue weighted by Crippen LogP contribution is -2.27. The van der Waals surface area contributed by atoms with Crippen LogP contribution in [0.4, 0.5) is 5.69 Å². The van der Waals surface area contributed by atoms with Crippen LogP contribution in [0.25, 0.3) is 10.9 Å². The van der Waals surface area contributed by atoms with Gasteiger partial charge in [-0.15, -0.1) is 0 Å². The molecule has 7 nitrogen and oxygen atoms in total. The van der Waals surface area contributed by atoms with Crippen LogP contribution < -0.4 is 4.31 Å². The van der Waals surface area contributed by atoms with E-state index in [9.17, 15) is 18.3 Å². The number of carbonyl (C=O) groups is 1. The average molecular weight is 466 g/mol. The summed E-state index contributed by atoms with van der Waals surface area (Å²) in [6.07, 6.45) is 5.62. The lowest BCUT2D eigenvalue weighted by molar-refractivity contribution is 0.0769. The molecule has 1 aromatic heterocycles. The zero-order chi connectivity index (χ0) is 23.5. The fraction of sp³-hybridized carbons (Fsp3) is 0.360. The first kappa shape index (κ1) is 21.7. The lowest BCUT2D eigenvalue weighted by Gasteiger charge is -2.23. The molecule has 2 heterocycles. The summed E-state index contributed by atoms with van der Waals surface area (Å²) >= 11 is 0. The molecule has 172 valence electrons. The van der Waals surface area contributed by atoms with Crippen molar-refractivity contribution in [2.75, 3.05) is 24.2 Å². The molecule has 1 fully saturated rings. The van der Waals surface area contributed by atoms with Crippen molar-refractivity contribution in [2.24, 2.45) is 5.92 Å². The molecule has 0 radical (unpaired) electrons. The quantitative estimate of drug-likeness (QED) is 0.601. The van der Waals surface area contributed by atoms with Gasteiger partial charge in [0.15, 0.2) is 5.75 Å². The van der Waals surface area contributed by atoms with Gasteiger partial charge in [-0.2, -0.15) is 0 Å². The smallest absolute Gasteiger partial charge is 0.258 e. The maximum absolute atomic E-state index is 13.2. The summed E-state index contributed by atoms with van der Waals surface area (Å²) in [6, 6.07) is 10.1. The summed E-state index contributed by atoms with van der Waals surface area (Å²) in [5.41, 5.74) is 4.57. The minimum absolute atomic E-state index is 0.171. The predicted molar refractivity (Wildman–Crippen MR) is 128 cm³/mol. The molecule has 5 rings (SSSR count). The third-order valence-corrected chi connectivity index (χ3v) is 7.79. The van der Waals surface area contributed by atoms with Gasteiger partial charge in [0.05, 0.1) is 17.5 Å². The molecule has 0 spiro atoms. The Hall–Kier alpha value is -3.13. The van der Waals surface area contributed by atoms with Gasteiger partial charge >= 0.3 is 0 Å². The first-order chi connectivity index (χ1) is 15.6. The minimum Gasteiger partial charge on any atom is -0.505 e. The molecule has 1 amide bonds. The largest absolute Gasteiger partial charge is 0.505 e. The van der Waals surface area contributed by atoms with Crippen molar-refractivity contribution in [3.8, 4) is 5.75 Å². The number of nitrogens with zero attached hydrogens (tertiary/aromatic N) is 3. The normalized spacial score (nSPS) is 15.8. The van der Waals surface area contributed by atoms with E-state index in [1.54, 1.807) is 11.1 Å². The number of hydrogen-bond donors (Lipinski definition) is 1. The van der Waals surface area contributed by atoms with E-state index in [0.717, 1.165) is 30.2 Å². The number of aryl methyl sites for hydroxylation is 1. The molecular weight excluding hydrogens is 438 g/mol. The second kappa shape index (κ2) is 7.73. The number of aromatic hydroxyl groups is 1. The van der Waals surface area contributed by atoms with E-state index in [0.29, 0.717) is 35.5 Å². The molecule has 1 aliphatic heterocycles. The highest BCUT2D eigenvalue weighted by Crippen LogP contribution is 2.45. The molecule has 0 unspecified atom stereocenters. The predicted octanol–water partition coefficient (Wildman–Crippen LogP) is 3.60. The molecule has 8 heteroatoms. The van der Waals surface area contributed by atoms with Crippen LogP contribution >= 0.6 is 0 Å². The van der Waals surface area contributed by atoms with Crippen molar-refractivity contribution in [1.29, 1.82) is 0 Å². The van der Waals surface area contributed by atoms with Crippen molar-refractivity contribution in [3.63, 3.8) is 0 Å². The van der Waals surface area contributed by atoms with Crippen LogP contribution in [-0.2, 0) is 23.0 Å². The number of pyridine rings is 1. The third-order valence-electron chi connectivity index (χ3n) is 6.61. The van der Waals surface area contributed by atoms with Crippen molar-refractivity contribution in [1.82, 2.24) is 9.88 Å².